The van der Waals surface area contributed by atoms with Gasteiger partial charge in [0.2, 0.25) is 0 Å². The molecule has 0 aromatic heterocycles. The monoisotopic (exact) mass is 223 g/mol. The van der Waals surface area contributed by atoms with Gasteiger partial charge in [0.25, 0.3) is 0 Å². The van der Waals surface area contributed by atoms with Crippen LogP contribution in [0.3, 0.4) is 0 Å². The second kappa shape index (κ2) is 6.51. The third-order valence-corrected chi connectivity index (χ3v) is 2.77. The zero-order valence-corrected chi connectivity index (χ0v) is 10.1. The first-order valence-corrected chi connectivity index (χ1v) is 5.75. The van der Waals surface area contributed by atoms with Gasteiger partial charge in [-0.3, -0.25) is 0 Å². The molecule has 0 aliphatic carbocycles. The van der Waals surface area contributed by atoms with Crippen molar-refractivity contribution >= 4 is 0 Å². The second-order valence-electron chi connectivity index (χ2n) is 3.93. The van der Waals surface area contributed by atoms with Crippen molar-refractivity contribution < 1.29 is 9.84 Å². The minimum Gasteiger partial charge on any atom is -0.496 e. The highest BCUT2D eigenvalue weighted by atomic mass is 16.5. The molecule has 1 aromatic rings. The van der Waals surface area contributed by atoms with Crippen LogP contribution in [0.2, 0.25) is 0 Å². The molecule has 1 aromatic carbocycles. The van der Waals surface area contributed by atoms with Gasteiger partial charge in [-0.15, -0.1) is 0 Å². The summed E-state index contributed by atoms with van der Waals surface area (Å²) < 4.78 is 5.30. The summed E-state index contributed by atoms with van der Waals surface area (Å²) in [6.45, 7) is 2.44. The molecule has 0 heterocycles. The molecule has 0 aliphatic heterocycles. The maximum Gasteiger partial charge on any atom is 0.122 e. The van der Waals surface area contributed by atoms with Crippen LogP contribution in [-0.4, -0.2) is 24.9 Å². The molecule has 0 bridgehead atoms. The Morgan fingerprint density at radius 2 is 2.19 bits per heavy atom. The number of benzene rings is 1. The molecule has 1 atom stereocenters. The van der Waals surface area contributed by atoms with Crippen LogP contribution in [0, 0.1) is 0 Å². The molecule has 0 saturated heterocycles. The number of aryl methyl sites for hydroxylation is 2. The van der Waals surface area contributed by atoms with Crippen molar-refractivity contribution in [1.29, 1.82) is 0 Å². The van der Waals surface area contributed by atoms with Crippen molar-refractivity contribution in [3.63, 3.8) is 0 Å². The number of nitrogens with two attached hydrogens (primary N) is 1. The van der Waals surface area contributed by atoms with E-state index in [1.54, 1.807) is 7.11 Å². The molecule has 0 spiro atoms. The predicted molar refractivity (Wildman–Crippen MR) is 65.8 cm³/mol. The average Bonchev–Trinajstić information content (AvgIpc) is 2.35. The zero-order chi connectivity index (χ0) is 12.0. The number of hydrogen-bond donors (Lipinski definition) is 2. The van der Waals surface area contributed by atoms with Crippen LogP contribution in [0.15, 0.2) is 18.2 Å². The Morgan fingerprint density at radius 1 is 1.44 bits per heavy atom. The van der Waals surface area contributed by atoms with Gasteiger partial charge in [0, 0.05) is 6.54 Å². The van der Waals surface area contributed by atoms with Gasteiger partial charge in [0.15, 0.2) is 0 Å². The first kappa shape index (κ1) is 13.0. The van der Waals surface area contributed by atoms with E-state index in [4.69, 9.17) is 10.5 Å². The van der Waals surface area contributed by atoms with Gasteiger partial charge in [-0.05, 0) is 36.5 Å². The lowest BCUT2D eigenvalue weighted by atomic mass is 10.0. The number of aliphatic hydroxyl groups excluding tert-OH is 1. The topological polar surface area (TPSA) is 55.5 Å². The van der Waals surface area contributed by atoms with E-state index >= 15 is 0 Å². The fourth-order valence-corrected chi connectivity index (χ4v) is 1.69. The molecule has 0 aliphatic rings. The van der Waals surface area contributed by atoms with Gasteiger partial charge in [0.1, 0.15) is 5.75 Å². The Morgan fingerprint density at radius 3 is 2.75 bits per heavy atom. The average molecular weight is 223 g/mol. The molecule has 3 nitrogen and oxygen atoms in total. The molecular weight excluding hydrogens is 202 g/mol. The zero-order valence-electron chi connectivity index (χ0n) is 10.1. The van der Waals surface area contributed by atoms with Crippen molar-refractivity contribution in [3.05, 3.63) is 29.3 Å². The molecule has 90 valence electrons. The van der Waals surface area contributed by atoms with Crippen LogP contribution in [-0.2, 0) is 12.8 Å². The second-order valence-corrected chi connectivity index (χ2v) is 3.93. The molecule has 3 heteroatoms. The summed E-state index contributed by atoms with van der Waals surface area (Å²) in [6.07, 6.45) is 2.07. The first-order valence-electron chi connectivity index (χ1n) is 5.75. The summed E-state index contributed by atoms with van der Waals surface area (Å²) >= 11 is 0. The summed E-state index contributed by atoms with van der Waals surface area (Å²) in [4.78, 5) is 0. The van der Waals surface area contributed by atoms with Crippen LogP contribution in [0.5, 0.6) is 5.75 Å². The third-order valence-electron chi connectivity index (χ3n) is 2.77. The third kappa shape index (κ3) is 3.51. The summed E-state index contributed by atoms with van der Waals surface area (Å²) in [5.74, 6) is 0.890. The summed E-state index contributed by atoms with van der Waals surface area (Å²) in [5.41, 5.74) is 7.82. The van der Waals surface area contributed by atoms with E-state index in [-0.39, 0.29) is 0 Å². The lowest BCUT2D eigenvalue weighted by Gasteiger charge is -2.12. The van der Waals surface area contributed by atoms with Gasteiger partial charge in [-0.25, -0.2) is 0 Å². The number of aliphatic hydroxyl groups is 1. The van der Waals surface area contributed by atoms with E-state index in [9.17, 15) is 5.11 Å². The Kier molecular flexibility index (Phi) is 5.29. The van der Waals surface area contributed by atoms with Crippen LogP contribution in [0.1, 0.15) is 24.5 Å². The van der Waals surface area contributed by atoms with Crippen LogP contribution >= 0.6 is 0 Å². The van der Waals surface area contributed by atoms with E-state index in [2.05, 4.69) is 19.1 Å². The van der Waals surface area contributed by atoms with E-state index in [0.717, 1.165) is 24.2 Å². The largest absolute Gasteiger partial charge is 0.496 e. The van der Waals surface area contributed by atoms with Gasteiger partial charge in [-0.2, -0.15) is 0 Å². The normalized spacial score (nSPS) is 12.5. The van der Waals surface area contributed by atoms with Crippen molar-refractivity contribution in [3.8, 4) is 5.75 Å². The van der Waals surface area contributed by atoms with Gasteiger partial charge >= 0.3 is 0 Å². The van der Waals surface area contributed by atoms with Gasteiger partial charge in [-0.1, -0.05) is 19.1 Å². The Balaban J connectivity index is 2.75. The summed E-state index contributed by atoms with van der Waals surface area (Å²) in [6, 6.07) is 6.20. The molecular formula is C13H21NO2. The molecule has 0 fully saturated rings. The van der Waals surface area contributed by atoms with Crippen molar-refractivity contribution in [2.24, 2.45) is 5.73 Å². The number of ether oxygens (including phenoxy) is 1. The summed E-state index contributed by atoms with van der Waals surface area (Å²) in [7, 11) is 1.67. The lowest BCUT2D eigenvalue weighted by molar-refractivity contribution is 0.173. The van der Waals surface area contributed by atoms with Gasteiger partial charge < -0.3 is 15.6 Å². The van der Waals surface area contributed by atoms with E-state index < -0.39 is 6.10 Å². The highest BCUT2D eigenvalue weighted by molar-refractivity contribution is 5.37. The SMILES string of the molecule is CCc1ccc(OC)c(CCC(O)CN)c1. The van der Waals surface area contributed by atoms with Crippen LogP contribution in [0.4, 0.5) is 0 Å². The quantitative estimate of drug-likeness (QED) is 0.768. The fraction of sp³-hybridized carbons (Fsp3) is 0.538. The molecule has 3 N–H and O–H groups in total. The van der Waals surface area contributed by atoms with Crippen molar-refractivity contribution in [2.75, 3.05) is 13.7 Å². The van der Waals surface area contributed by atoms with Crippen molar-refractivity contribution in [1.82, 2.24) is 0 Å². The summed E-state index contributed by atoms with van der Waals surface area (Å²) in [5, 5.41) is 9.44. The van der Waals surface area contributed by atoms with Crippen molar-refractivity contribution in [2.45, 2.75) is 32.3 Å². The number of methoxy groups -OCH3 is 1. The molecule has 0 amide bonds. The lowest BCUT2D eigenvalue weighted by Crippen LogP contribution is -2.20. The molecule has 1 rings (SSSR count). The maximum atomic E-state index is 9.44. The van der Waals surface area contributed by atoms with E-state index in [0.29, 0.717) is 13.0 Å². The highest BCUT2D eigenvalue weighted by Crippen LogP contribution is 2.22. The van der Waals surface area contributed by atoms with Gasteiger partial charge in [0.05, 0.1) is 13.2 Å². The molecule has 0 radical (unpaired) electrons. The fourth-order valence-electron chi connectivity index (χ4n) is 1.69. The highest BCUT2D eigenvalue weighted by Gasteiger charge is 2.07. The van der Waals surface area contributed by atoms with E-state index in [1.165, 1.54) is 5.56 Å². The Bertz CT molecular complexity index is 326. The first-order chi connectivity index (χ1) is 7.71. The maximum absolute atomic E-state index is 9.44. The number of rotatable bonds is 6. The smallest absolute Gasteiger partial charge is 0.122 e. The standard InChI is InChI=1S/C13H21NO2/c1-3-10-4-7-13(16-2)11(8-10)5-6-12(15)9-14/h4,7-8,12,15H,3,5-6,9,14H2,1-2H3. The Labute approximate surface area is 97.2 Å². The molecule has 1 unspecified atom stereocenters. The van der Waals surface area contributed by atoms with E-state index in [1.807, 2.05) is 6.07 Å². The van der Waals surface area contributed by atoms with Crippen LogP contribution < -0.4 is 10.5 Å². The van der Waals surface area contributed by atoms with Crippen LogP contribution in [0.25, 0.3) is 0 Å². The minimum absolute atomic E-state index is 0.315. The molecule has 0 saturated carbocycles. The predicted octanol–water partition coefficient (Wildman–Crippen LogP) is 1.51. The number of hydrogen-bond acceptors (Lipinski definition) is 3. The Hall–Kier alpha value is -1.06. The molecule has 16 heavy (non-hydrogen) atoms. The minimum atomic E-state index is -0.421.